The lowest BCUT2D eigenvalue weighted by atomic mass is 10.0. The SMILES string of the molecule is CC(C)C1CNCCN1.CC(C)C1NC(=O)CNC1=O. The van der Waals surface area contributed by atoms with Crippen LogP contribution in [0.4, 0.5) is 0 Å². The normalized spacial score (nSPS) is 26.7. The van der Waals surface area contributed by atoms with Crippen molar-refractivity contribution in [3.8, 4) is 0 Å². The van der Waals surface area contributed by atoms with Gasteiger partial charge in [0.15, 0.2) is 0 Å². The Kier molecular flexibility index (Phi) is 6.95. The van der Waals surface area contributed by atoms with Crippen molar-refractivity contribution in [1.29, 1.82) is 0 Å². The Morgan fingerprint density at radius 1 is 1.05 bits per heavy atom. The van der Waals surface area contributed by atoms with E-state index in [4.69, 9.17) is 0 Å². The molecule has 20 heavy (non-hydrogen) atoms. The van der Waals surface area contributed by atoms with Crippen LogP contribution in [0.25, 0.3) is 0 Å². The van der Waals surface area contributed by atoms with Gasteiger partial charge in [-0.2, -0.15) is 0 Å². The van der Waals surface area contributed by atoms with E-state index in [0.717, 1.165) is 25.6 Å². The van der Waals surface area contributed by atoms with Crippen LogP contribution in [0.3, 0.4) is 0 Å². The third-order valence-electron chi connectivity index (χ3n) is 3.57. The summed E-state index contributed by atoms with van der Waals surface area (Å²) in [5, 5.41) is 11.9. The zero-order chi connectivity index (χ0) is 15.1. The lowest BCUT2D eigenvalue weighted by Gasteiger charge is -2.27. The van der Waals surface area contributed by atoms with Gasteiger partial charge in [-0.15, -0.1) is 0 Å². The van der Waals surface area contributed by atoms with Crippen molar-refractivity contribution in [2.24, 2.45) is 11.8 Å². The molecular weight excluding hydrogens is 256 g/mol. The number of amides is 2. The summed E-state index contributed by atoms with van der Waals surface area (Å²) < 4.78 is 0. The minimum absolute atomic E-state index is 0.0837. The van der Waals surface area contributed by atoms with Crippen LogP contribution in [-0.4, -0.2) is 50.1 Å². The van der Waals surface area contributed by atoms with Gasteiger partial charge in [0.05, 0.1) is 6.54 Å². The molecule has 0 aromatic rings. The van der Waals surface area contributed by atoms with Crippen LogP contribution in [0.1, 0.15) is 27.7 Å². The predicted molar refractivity (Wildman–Crippen MR) is 79.3 cm³/mol. The average Bonchev–Trinajstić information content (AvgIpc) is 2.43. The highest BCUT2D eigenvalue weighted by molar-refractivity contribution is 5.94. The van der Waals surface area contributed by atoms with E-state index in [1.54, 1.807) is 0 Å². The van der Waals surface area contributed by atoms with E-state index in [1.807, 2.05) is 13.8 Å². The van der Waals surface area contributed by atoms with Crippen molar-refractivity contribution in [1.82, 2.24) is 21.3 Å². The van der Waals surface area contributed by atoms with Gasteiger partial charge in [-0.25, -0.2) is 0 Å². The summed E-state index contributed by atoms with van der Waals surface area (Å²) in [4.78, 5) is 21.9. The molecule has 0 spiro atoms. The van der Waals surface area contributed by atoms with E-state index in [-0.39, 0.29) is 30.3 Å². The topological polar surface area (TPSA) is 82.3 Å². The summed E-state index contributed by atoms with van der Waals surface area (Å²) in [6, 6.07) is 0.343. The van der Waals surface area contributed by atoms with Crippen LogP contribution in [0.15, 0.2) is 0 Å². The van der Waals surface area contributed by atoms with Crippen molar-refractivity contribution >= 4 is 11.8 Å². The Morgan fingerprint density at radius 3 is 2.15 bits per heavy atom. The van der Waals surface area contributed by atoms with Crippen LogP contribution in [0.5, 0.6) is 0 Å². The maximum absolute atomic E-state index is 11.1. The van der Waals surface area contributed by atoms with Gasteiger partial charge >= 0.3 is 0 Å². The minimum Gasteiger partial charge on any atom is -0.345 e. The first kappa shape index (κ1) is 16.9. The highest BCUT2D eigenvalue weighted by atomic mass is 16.2. The molecule has 2 heterocycles. The molecule has 2 aliphatic rings. The summed E-state index contributed by atoms with van der Waals surface area (Å²) >= 11 is 0. The molecule has 0 bridgehead atoms. The highest BCUT2D eigenvalue weighted by Gasteiger charge is 2.27. The number of piperazine rings is 2. The van der Waals surface area contributed by atoms with Crippen LogP contribution in [-0.2, 0) is 9.59 Å². The molecule has 4 N–H and O–H groups in total. The smallest absolute Gasteiger partial charge is 0.243 e. The Bertz CT molecular complexity index is 325. The Labute approximate surface area is 121 Å². The lowest BCUT2D eigenvalue weighted by Crippen LogP contribution is -2.58. The number of hydrogen-bond acceptors (Lipinski definition) is 4. The fourth-order valence-electron chi connectivity index (χ4n) is 2.18. The van der Waals surface area contributed by atoms with E-state index < -0.39 is 0 Å². The fraction of sp³-hybridized carbons (Fsp3) is 0.857. The first-order chi connectivity index (χ1) is 9.41. The largest absolute Gasteiger partial charge is 0.345 e. The minimum atomic E-state index is -0.351. The van der Waals surface area contributed by atoms with Gasteiger partial charge in [-0.05, 0) is 11.8 Å². The Morgan fingerprint density at radius 2 is 1.75 bits per heavy atom. The maximum atomic E-state index is 11.1. The van der Waals surface area contributed by atoms with Gasteiger partial charge in [-0.3, -0.25) is 9.59 Å². The standard InChI is InChI=1S/C7H12N2O2.C7H16N2/c1-4(2)6-7(11)8-3-5(10)9-6;1-6(2)7-5-8-3-4-9-7/h4,6H,3H2,1-2H3,(H,8,11)(H,9,10);6-9H,3-5H2,1-2H3. The molecule has 2 amide bonds. The van der Waals surface area contributed by atoms with E-state index in [9.17, 15) is 9.59 Å². The van der Waals surface area contributed by atoms with Crippen LogP contribution < -0.4 is 21.3 Å². The van der Waals surface area contributed by atoms with E-state index in [2.05, 4.69) is 35.1 Å². The average molecular weight is 284 g/mol. The molecule has 0 saturated carbocycles. The van der Waals surface area contributed by atoms with Gasteiger partial charge in [0.25, 0.3) is 0 Å². The van der Waals surface area contributed by atoms with Crippen molar-refractivity contribution < 1.29 is 9.59 Å². The molecule has 0 aliphatic carbocycles. The molecule has 2 saturated heterocycles. The third-order valence-corrected chi connectivity index (χ3v) is 3.57. The highest BCUT2D eigenvalue weighted by Crippen LogP contribution is 2.03. The zero-order valence-electron chi connectivity index (χ0n) is 13.0. The number of carbonyl (C=O) groups is 2. The second-order valence-electron chi connectivity index (χ2n) is 6.02. The van der Waals surface area contributed by atoms with Crippen LogP contribution >= 0.6 is 0 Å². The molecule has 2 atom stereocenters. The van der Waals surface area contributed by atoms with Gasteiger partial charge in [0.2, 0.25) is 11.8 Å². The summed E-state index contributed by atoms with van der Waals surface area (Å²) in [6.45, 7) is 11.8. The second-order valence-corrected chi connectivity index (χ2v) is 6.02. The first-order valence-corrected chi connectivity index (χ1v) is 7.43. The molecule has 116 valence electrons. The fourth-order valence-corrected chi connectivity index (χ4v) is 2.18. The summed E-state index contributed by atoms with van der Waals surface area (Å²) in [5.41, 5.74) is 0. The summed E-state index contributed by atoms with van der Waals surface area (Å²) in [6.07, 6.45) is 0. The van der Waals surface area contributed by atoms with E-state index in [1.165, 1.54) is 0 Å². The molecule has 2 fully saturated rings. The molecule has 0 radical (unpaired) electrons. The number of nitrogens with one attached hydrogen (secondary N) is 4. The quantitative estimate of drug-likeness (QED) is 0.549. The molecule has 0 aromatic heterocycles. The maximum Gasteiger partial charge on any atom is 0.243 e. The zero-order valence-corrected chi connectivity index (χ0v) is 13.0. The van der Waals surface area contributed by atoms with E-state index in [0.29, 0.717) is 6.04 Å². The molecule has 6 heteroatoms. The van der Waals surface area contributed by atoms with Crippen molar-refractivity contribution in [2.45, 2.75) is 39.8 Å². The number of carbonyl (C=O) groups excluding carboxylic acids is 2. The second kappa shape index (κ2) is 8.21. The Balaban J connectivity index is 0.000000204. The summed E-state index contributed by atoms with van der Waals surface area (Å²) in [7, 11) is 0. The number of rotatable bonds is 2. The molecule has 0 aromatic carbocycles. The van der Waals surface area contributed by atoms with Crippen LogP contribution in [0, 0.1) is 11.8 Å². The monoisotopic (exact) mass is 284 g/mol. The van der Waals surface area contributed by atoms with Gasteiger partial charge in [-0.1, -0.05) is 27.7 Å². The molecule has 2 rings (SSSR count). The molecular formula is C14H28N4O2. The van der Waals surface area contributed by atoms with Gasteiger partial charge in [0.1, 0.15) is 6.04 Å². The van der Waals surface area contributed by atoms with Crippen molar-refractivity contribution in [3.63, 3.8) is 0 Å². The first-order valence-electron chi connectivity index (χ1n) is 7.43. The van der Waals surface area contributed by atoms with Crippen molar-refractivity contribution in [2.75, 3.05) is 26.2 Å². The molecule has 2 unspecified atom stereocenters. The van der Waals surface area contributed by atoms with E-state index >= 15 is 0 Å². The van der Waals surface area contributed by atoms with Gasteiger partial charge in [0, 0.05) is 25.7 Å². The molecule has 6 nitrogen and oxygen atoms in total. The third kappa shape index (κ3) is 5.46. The van der Waals surface area contributed by atoms with Gasteiger partial charge < -0.3 is 21.3 Å². The number of hydrogen-bond donors (Lipinski definition) is 4. The Hall–Kier alpha value is -1.14. The van der Waals surface area contributed by atoms with Crippen LogP contribution in [0.2, 0.25) is 0 Å². The molecule has 2 aliphatic heterocycles. The lowest BCUT2D eigenvalue weighted by molar-refractivity contribution is -0.134. The summed E-state index contributed by atoms with van der Waals surface area (Å²) in [5.74, 6) is 0.722. The predicted octanol–water partition coefficient (Wildman–Crippen LogP) is -0.539. The van der Waals surface area contributed by atoms with Crippen molar-refractivity contribution in [3.05, 3.63) is 0 Å².